The third-order valence-electron chi connectivity index (χ3n) is 5.38. The van der Waals surface area contributed by atoms with Gasteiger partial charge in [-0.1, -0.05) is 66.6 Å². The molecule has 10 heteroatoms. The summed E-state index contributed by atoms with van der Waals surface area (Å²) < 4.78 is 67.7. The van der Waals surface area contributed by atoms with E-state index in [4.69, 9.17) is 11.6 Å². The molecule has 1 atom stereocenters. The Balaban J connectivity index is 2.01. The van der Waals surface area contributed by atoms with Crippen molar-refractivity contribution < 1.29 is 26.4 Å². The van der Waals surface area contributed by atoms with Gasteiger partial charge in [0.1, 0.15) is 6.54 Å². The zero-order valence-corrected chi connectivity index (χ0v) is 20.6. The SMILES string of the molecule is CCC(NC(=O)CN(c1cc(C(F)(F)F)ccc1Cl)S(=O)(=O)c1ccccc1)c1ccc(C)cc1. The van der Waals surface area contributed by atoms with Crippen LogP contribution in [0.4, 0.5) is 18.9 Å². The van der Waals surface area contributed by atoms with Gasteiger partial charge in [0.15, 0.2) is 0 Å². The van der Waals surface area contributed by atoms with Gasteiger partial charge in [-0.3, -0.25) is 9.10 Å². The first-order valence-corrected chi connectivity index (χ1v) is 12.6. The summed E-state index contributed by atoms with van der Waals surface area (Å²) in [6.45, 7) is 3.02. The van der Waals surface area contributed by atoms with Crippen LogP contribution in [0.5, 0.6) is 0 Å². The van der Waals surface area contributed by atoms with Gasteiger partial charge in [0.05, 0.1) is 27.2 Å². The number of benzene rings is 3. The van der Waals surface area contributed by atoms with E-state index in [1.807, 2.05) is 38.1 Å². The molecule has 1 unspecified atom stereocenters. The monoisotopic (exact) mass is 524 g/mol. The Kier molecular flexibility index (Phi) is 8.12. The Morgan fingerprint density at radius 1 is 1.03 bits per heavy atom. The number of nitrogens with zero attached hydrogens (tertiary/aromatic N) is 1. The van der Waals surface area contributed by atoms with Gasteiger partial charge in [-0.2, -0.15) is 13.2 Å². The van der Waals surface area contributed by atoms with Gasteiger partial charge >= 0.3 is 6.18 Å². The number of halogens is 4. The Hall–Kier alpha value is -3.04. The van der Waals surface area contributed by atoms with Crippen molar-refractivity contribution in [3.8, 4) is 0 Å². The fourth-order valence-electron chi connectivity index (χ4n) is 3.49. The quantitative estimate of drug-likeness (QED) is 0.385. The lowest BCUT2D eigenvalue weighted by atomic mass is 10.0. The number of amides is 1. The van der Waals surface area contributed by atoms with Crippen LogP contribution in [-0.2, 0) is 21.0 Å². The largest absolute Gasteiger partial charge is 0.416 e. The Morgan fingerprint density at radius 3 is 2.23 bits per heavy atom. The number of anilines is 1. The van der Waals surface area contributed by atoms with E-state index in [1.165, 1.54) is 24.3 Å². The maximum Gasteiger partial charge on any atom is 0.416 e. The first-order valence-electron chi connectivity index (χ1n) is 10.7. The van der Waals surface area contributed by atoms with Crippen LogP contribution in [0.15, 0.2) is 77.7 Å². The summed E-state index contributed by atoms with van der Waals surface area (Å²) in [5.41, 5.74) is 0.329. The lowest BCUT2D eigenvalue weighted by molar-refractivity contribution is -0.137. The number of rotatable bonds is 8. The molecule has 0 radical (unpaired) electrons. The van der Waals surface area contributed by atoms with Crippen LogP contribution in [0, 0.1) is 6.92 Å². The van der Waals surface area contributed by atoms with Crippen molar-refractivity contribution in [3.05, 3.63) is 94.5 Å². The van der Waals surface area contributed by atoms with E-state index in [9.17, 15) is 26.4 Å². The highest BCUT2D eigenvalue weighted by Crippen LogP contribution is 2.37. The van der Waals surface area contributed by atoms with Gasteiger partial charge in [0, 0.05) is 0 Å². The number of carbonyl (C=O) groups is 1. The summed E-state index contributed by atoms with van der Waals surface area (Å²) in [6.07, 6.45) is -4.22. The number of carbonyl (C=O) groups excluding carboxylic acids is 1. The molecule has 3 aromatic rings. The van der Waals surface area contributed by atoms with Gasteiger partial charge in [0.25, 0.3) is 10.0 Å². The highest BCUT2D eigenvalue weighted by Gasteiger charge is 2.34. The molecule has 0 bridgehead atoms. The Morgan fingerprint density at radius 2 is 1.66 bits per heavy atom. The number of aryl methyl sites for hydroxylation is 1. The Bertz CT molecular complexity index is 1280. The summed E-state index contributed by atoms with van der Waals surface area (Å²) in [6, 6.07) is 16.6. The maximum atomic E-state index is 13.5. The average molecular weight is 525 g/mol. The Labute approximate surface area is 207 Å². The molecule has 0 heterocycles. The predicted octanol–water partition coefficient (Wildman–Crippen LogP) is 6.13. The van der Waals surface area contributed by atoms with Crippen molar-refractivity contribution in [2.75, 3.05) is 10.8 Å². The van der Waals surface area contributed by atoms with Crippen LogP contribution in [0.3, 0.4) is 0 Å². The summed E-state index contributed by atoms with van der Waals surface area (Å²) in [5, 5.41) is 2.54. The lowest BCUT2D eigenvalue weighted by Crippen LogP contribution is -2.42. The molecule has 0 fully saturated rings. The van der Waals surface area contributed by atoms with Crippen molar-refractivity contribution in [2.24, 2.45) is 0 Å². The smallest absolute Gasteiger partial charge is 0.348 e. The van der Waals surface area contributed by atoms with Gasteiger partial charge in [-0.25, -0.2) is 8.42 Å². The van der Waals surface area contributed by atoms with E-state index in [0.717, 1.165) is 23.3 Å². The zero-order valence-electron chi connectivity index (χ0n) is 19.0. The molecule has 5 nitrogen and oxygen atoms in total. The maximum absolute atomic E-state index is 13.5. The number of alkyl halides is 3. The molecular formula is C25H24ClF3N2O3S. The molecule has 0 saturated heterocycles. The van der Waals surface area contributed by atoms with Crippen LogP contribution in [0.2, 0.25) is 5.02 Å². The minimum absolute atomic E-state index is 0.188. The van der Waals surface area contributed by atoms with Gasteiger partial charge in [0.2, 0.25) is 5.91 Å². The standard InChI is InChI=1S/C25H24ClF3N2O3S/c1-3-22(18-11-9-17(2)10-12-18)30-24(32)16-31(35(33,34)20-7-5-4-6-8-20)23-15-19(25(27,28)29)13-14-21(23)26/h4-15,22H,3,16H2,1-2H3,(H,30,32). The van der Waals surface area contributed by atoms with Crippen molar-refractivity contribution >= 4 is 33.2 Å². The van der Waals surface area contributed by atoms with Crippen LogP contribution in [-0.4, -0.2) is 20.9 Å². The van der Waals surface area contributed by atoms with Crippen molar-refractivity contribution in [2.45, 2.75) is 37.4 Å². The third kappa shape index (κ3) is 6.35. The minimum atomic E-state index is -4.73. The van der Waals surface area contributed by atoms with E-state index in [0.29, 0.717) is 16.8 Å². The van der Waals surface area contributed by atoms with E-state index in [-0.39, 0.29) is 9.92 Å². The predicted molar refractivity (Wildman–Crippen MR) is 130 cm³/mol. The molecule has 0 aliphatic heterocycles. The molecule has 0 aliphatic rings. The second-order valence-electron chi connectivity index (χ2n) is 7.93. The molecule has 1 N–H and O–H groups in total. The number of hydrogen-bond donors (Lipinski definition) is 1. The number of nitrogens with one attached hydrogen (secondary N) is 1. The number of hydrogen-bond acceptors (Lipinski definition) is 3. The molecule has 0 aliphatic carbocycles. The van der Waals surface area contributed by atoms with E-state index in [2.05, 4.69) is 5.32 Å². The lowest BCUT2D eigenvalue weighted by Gasteiger charge is -2.27. The van der Waals surface area contributed by atoms with Crippen molar-refractivity contribution in [1.82, 2.24) is 5.32 Å². The number of sulfonamides is 1. The van der Waals surface area contributed by atoms with Crippen LogP contribution in [0.25, 0.3) is 0 Å². The van der Waals surface area contributed by atoms with E-state index < -0.39 is 45.9 Å². The average Bonchev–Trinajstić information content (AvgIpc) is 2.82. The molecule has 0 aromatic heterocycles. The minimum Gasteiger partial charge on any atom is -0.348 e. The molecule has 3 rings (SSSR count). The fraction of sp³-hybridized carbons (Fsp3) is 0.240. The first-order chi connectivity index (χ1) is 16.4. The molecular weight excluding hydrogens is 501 g/mol. The second-order valence-corrected chi connectivity index (χ2v) is 10.2. The normalized spacial score (nSPS) is 12.7. The third-order valence-corrected chi connectivity index (χ3v) is 7.48. The molecule has 0 spiro atoms. The van der Waals surface area contributed by atoms with Gasteiger partial charge < -0.3 is 5.32 Å². The topological polar surface area (TPSA) is 66.5 Å². The second kappa shape index (κ2) is 10.7. The molecule has 1 amide bonds. The van der Waals surface area contributed by atoms with Gasteiger partial charge in [-0.05, 0) is 49.2 Å². The summed E-state index contributed by atoms with van der Waals surface area (Å²) in [7, 11) is -4.43. The highest BCUT2D eigenvalue weighted by atomic mass is 35.5. The van der Waals surface area contributed by atoms with Crippen molar-refractivity contribution in [3.63, 3.8) is 0 Å². The summed E-state index contributed by atoms with van der Waals surface area (Å²) in [5.74, 6) is -0.689. The van der Waals surface area contributed by atoms with Crippen LogP contribution in [0.1, 0.15) is 36.1 Å². The summed E-state index contributed by atoms with van der Waals surface area (Å²) in [4.78, 5) is 12.8. The molecule has 3 aromatic carbocycles. The van der Waals surface area contributed by atoms with E-state index >= 15 is 0 Å². The molecule has 35 heavy (non-hydrogen) atoms. The highest BCUT2D eigenvalue weighted by molar-refractivity contribution is 7.92. The fourth-order valence-corrected chi connectivity index (χ4v) is 5.21. The van der Waals surface area contributed by atoms with Gasteiger partial charge in [-0.15, -0.1) is 0 Å². The van der Waals surface area contributed by atoms with E-state index in [1.54, 1.807) is 6.07 Å². The van der Waals surface area contributed by atoms with Crippen LogP contribution < -0.4 is 9.62 Å². The first kappa shape index (κ1) is 26.6. The van der Waals surface area contributed by atoms with Crippen molar-refractivity contribution in [1.29, 1.82) is 0 Å². The van der Waals surface area contributed by atoms with Crippen LogP contribution >= 0.6 is 11.6 Å². The molecule has 0 saturated carbocycles. The zero-order chi connectivity index (χ0) is 25.8. The molecule has 186 valence electrons. The summed E-state index contributed by atoms with van der Waals surface area (Å²) >= 11 is 6.16.